The molecular weight excluding hydrogens is 218 g/mol. The topological polar surface area (TPSA) is 64.6 Å². The van der Waals surface area contributed by atoms with Crippen molar-refractivity contribution in [1.29, 1.82) is 0 Å². The Labute approximate surface area is 92.2 Å². The Bertz CT molecular complexity index is 256. The average molecular weight is 239 g/mol. The number of hydrogen-bond acceptors (Lipinski definition) is 4. The van der Waals surface area contributed by atoms with E-state index >= 15 is 0 Å². The second-order valence-electron chi connectivity index (χ2n) is 4.55. The Balaban J connectivity index is 3.78. The van der Waals surface area contributed by atoms with Crippen LogP contribution in [0.5, 0.6) is 0 Å². The van der Waals surface area contributed by atoms with Crippen molar-refractivity contribution in [3.05, 3.63) is 0 Å². The molecule has 6 heteroatoms. The summed E-state index contributed by atoms with van der Waals surface area (Å²) in [6.45, 7) is 6.56. The molecule has 0 bridgehead atoms. The maximum atomic E-state index is 11.4. The molecule has 5 nitrogen and oxygen atoms in total. The molecule has 0 saturated heterocycles. The number of sulfonamides is 1. The van der Waals surface area contributed by atoms with Crippen molar-refractivity contribution in [2.75, 3.05) is 26.1 Å². The first-order valence-electron chi connectivity index (χ1n) is 4.87. The van der Waals surface area contributed by atoms with Crippen LogP contribution >= 0.6 is 0 Å². The molecule has 0 unspecified atom stereocenters. The van der Waals surface area contributed by atoms with E-state index < -0.39 is 10.0 Å². The summed E-state index contributed by atoms with van der Waals surface area (Å²) in [5.74, 6) is 0.0729. The lowest BCUT2D eigenvalue weighted by Crippen LogP contribution is -2.29. The average Bonchev–Trinajstić information content (AvgIpc) is 2.09. The maximum Gasteiger partial charge on any atom is 0.233 e. The second kappa shape index (κ2) is 6.42. The largest absolute Gasteiger partial charge is 0.382 e. The van der Waals surface area contributed by atoms with Crippen LogP contribution in [-0.4, -0.2) is 34.5 Å². The van der Waals surface area contributed by atoms with E-state index in [1.165, 1.54) is 7.11 Å². The van der Waals surface area contributed by atoms with Crippen LogP contribution in [0.4, 0.5) is 0 Å². The molecule has 0 aliphatic rings. The van der Waals surface area contributed by atoms with Gasteiger partial charge in [0.05, 0.1) is 19.0 Å². The maximum absolute atomic E-state index is 11.4. The zero-order chi connectivity index (χ0) is 11.9. The van der Waals surface area contributed by atoms with E-state index in [0.29, 0.717) is 13.0 Å². The standard InChI is InChI=1S/C9H21NO4S/c1-9(2,3)5-8-15(11,12)10-14-7-6-13-4/h10H,5-8H2,1-4H3. The van der Waals surface area contributed by atoms with Crippen LogP contribution in [-0.2, 0) is 19.6 Å². The minimum absolute atomic E-state index is 0.00127. The molecule has 0 aromatic rings. The summed E-state index contributed by atoms with van der Waals surface area (Å²) < 4.78 is 27.4. The fourth-order valence-corrected chi connectivity index (χ4v) is 1.97. The molecule has 0 aromatic heterocycles. The van der Waals surface area contributed by atoms with Gasteiger partial charge in [-0.3, -0.25) is 4.84 Å². The zero-order valence-electron chi connectivity index (χ0n) is 9.87. The van der Waals surface area contributed by atoms with Gasteiger partial charge in [-0.25, -0.2) is 8.42 Å². The van der Waals surface area contributed by atoms with Gasteiger partial charge >= 0.3 is 0 Å². The lowest BCUT2D eigenvalue weighted by atomic mass is 9.94. The molecule has 0 aromatic carbocycles. The predicted molar refractivity (Wildman–Crippen MR) is 58.8 cm³/mol. The van der Waals surface area contributed by atoms with Crippen LogP contribution in [0.2, 0.25) is 0 Å². The van der Waals surface area contributed by atoms with Crippen molar-refractivity contribution in [2.24, 2.45) is 5.41 Å². The third-order valence-corrected chi connectivity index (χ3v) is 2.81. The Morgan fingerprint density at radius 1 is 1.20 bits per heavy atom. The van der Waals surface area contributed by atoms with Crippen molar-refractivity contribution in [2.45, 2.75) is 27.2 Å². The lowest BCUT2D eigenvalue weighted by molar-refractivity contribution is 0.0437. The number of rotatable bonds is 7. The van der Waals surface area contributed by atoms with Crippen LogP contribution in [0.25, 0.3) is 0 Å². The molecule has 15 heavy (non-hydrogen) atoms. The number of hydrogen-bond donors (Lipinski definition) is 1. The summed E-state index contributed by atoms with van der Waals surface area (Å²) in [4.78, 5) is 6.80. The zero-order valence-corrected chi connectivity index (χ0v) is 10.7. The quantitative estimate of drug-likeness (QED) is 0.530. The van der Waals surface area contributed by atoms with Crippen LogP contribution in [0.1, 0.15) is 27.2 Å². The molecule has 0 aliphatic carbocycles. The van der Waals surface area contributed by atoms with Crippen molar-refractivity contribution in [3.8, 4) is 0 Å². The highest BCUT2D eigenvalue weighted by Gasteiger charge is 2.17. The van der Waals surface area contributed by atoms with Gasteiger partial charge in [-0.1, -0.05) is 25.7 Å². The smallest absolute Gasteiger partial charge is 0.233 e. The Kier molecular flexibility index (Phi) is 6.35. The number of nitrogens with one attached hydrogen (secondary N) is 1. The van der Waals surface area contributed by atoms with Gasteiger partial charge in [0, 0.05) is 7.11 Å². The van der Waals surface area contributed by atoms with Crippen LogP contribution in [0.15, 0.2) is 0 Å². The third kappa shape index (κ3) is 10.1. The first-order valence-corrected chi connectivity index (χ1v) is 6.52. The van der Waals surface area contributed by atoms with Crippen molar-refractivity contribution in [3.63, 3.8) is 0 Å². The molecule has 0 rings (SSSR count). The fourth-order valence-electron chi connectivity index (χ4n) is 0.739. The van der Waals surface area contributed by atoms with Crippen LogP contribution in [0.3, 0.4) is 0 Å². The summed E-state index contributed by atoms with van der Waals surface area (Å²) >= 11 is 0. The molecule has 0 aliphatic heterocycles. The van der Waals surface area contributed by atoms with E-state index in [9.17, 15) is 8.42 Å². The van der Waals surface area contributed by atoms with Gasteiger partial charge in [-0.05, 0) is 11.8 Å². The molecule has 0 saturated carbocycles. The molecule has 1 N–H and O–H groups in total. The van der Waals surface area contributed by atoms with Gasteiger partial charge in [-0.15, -0.1) is 0 Å². The summed E-state index contributed by atoms with van der Waals surface area (Å²) in [5, 5.41) is 0. The molecule has 0 spiro atoms. The highest BCUT2D eigenvalue weighted by Crippen LogP contribution is 2.18. The SMILES string of the molecule is COCCONS(=O)(=O)CCC(C)(C)C. The van der Waals surface area contributed by atoms with Gasteiger partial charge in [0.15, 0.2) is 0 Å². The molecular formula is C9H21NO4S. The Morgan fingerprint density at radius 3 is 2.27 bits per heavy atom. The van der Waals surface area contributed by atoms with E-state index in [0.717, 1.165) is 0 Å². The van der Waals surface area contributed by atoms with E-state index in [1.807, 2.05) is 20.8 Å². The highest BCUT2D eigenvalue weighted by atomic mass is 32.2. The summed E-state index contributed by atoms with van der Waals surface area (Å²) in [6.07, 6.45) is 0.593. The van der Waals surface area contributed by atoms with Crippen molar-refractivity contribution in [1.82, 2.24) is 4.89 Å². The summed E-state index contributed by atoms with van der Waals surface area (Å²) in [7, 11) is -1.80. The van der Waals surface area contributed by atoms with Crippen molar-refractivity contribution < 1.29 is 18.0 Å². The minimum Gasteiger partial charge on any atom is -0.382 e. The Morgan fingerprint density at radius 2 is 1.80 bits per heavy atom. The summed E-state index contributed by atoms with van der Waals surface area (Å²) in [5.41, 5.74) is 0.00127. The van der Waals surface area contributed by atoms with Gasteiger partial charge in [0.2, 0.25) is 10.0 Å². The first-order chi connectivity index (χ1) is 6.77. The van der Waals surface area contributed by atoms with E-state index in [2.05, 4.69) is 4.89 Å². The molecule has 0 fully saturated rings. The van der Waals surface area contributed by atoms with Gasteiger partial charge < -0.3 is 4.74 Å². The summed E-state index contributed by atoms with van der Waals surface area (Å²) in [6, 6.07) is 0. The lowest BCUT2D eigenvalue weighted by Gasteiger charge is -2.17. The van der Waals surface area contributed by atoms with Crippen molar-refractivity contribution >= 4 is 10.0 Å². The molecule has 0 amide bonds. The first kappa shape index (κ1) is 14.8. The van der Waals surface area contributed by atoms with E-state index in [4.69, 9.17) is 9.57 Å². The minimum atomic E-state index is -3.32. The molecule has 0 atom stereocenters. The van der Waals surface area contributed by atoms with Gasteiger partial charge in [-0.2, -0.15) is 0 Å². The normalized spacial score (nSPS) is 13.1. The van der Waals surface area contributed by atoms with E-state index in [1.54, 1.807) is 0 Å². The highest BCUT2D eigenvalue weighted by molar-refractivity contribution is 7.89. The fraction of sp³-hybridized carbons (Fsp3) is 1.00. The molecule has 92 valence electrons. The van der Waals surface area contributed by atoms with Crippen LogP contribution < -0.4 is 4.89 Å². The van der Waals surface area contributed by atoms with Crippen LogP contribution in [0, 0.1) is 5.41 Å². The third-order valence-electron chi connectivity index (χ3n) is 1.70. The van der Waals surface area contributed by atoms with Gasteiger partial charge in [0.1, 0.15) is 0 Å². The molecule has 0 radical (unpaired) electrons. The molecule has 0 heterocycles. The monoisotopic (exact) mass is 239 g/mol. The predicted octanol–water partition coefficient (Wildman–Crippen LogP) is 0.920. The second-order valence-corrected chi connectivity index (χ2v) is 6.36. The Hall–Kier alpha value is -0.170. The number of methoxy groups -OCH3 is 1. The van der Waals surface area contributed by atoms with E-state index in [-0.39, 0.29) is 17.8 Å². The number of ether oxygens (including phenoxy) is 1. The van der Waals surface area contributed by atoms with Gasteiger partial charge in [0.25, 0.3) is 0 Å².